The monoisotopic (exact) mass is 238 g/mol. The third-order valence-electron chi connectivity index (χ3n) is 3.27. The van der Waals surface area contributed by atoms with Gasteiger partial charge in [-0.1, -0.05) is 31.4 Å². The fourth-order valence-electron chi connectivity index (χ4n) is 1.99. The van der Waals surface area contributed by atoms with Gasteiger partial charge in [0.2, 0.25) is 0 Å². The van der Waals surface area contributed by atoms with E-state index in [1.165, 1.54) is 32.1 Å². The molecule has 2 heteroatoms. The van der Waals surface area contributed by atoms with E-state index in [0.717, 1.165) is 19.3 Å². The number of ether oxygens (including phenoxy) is 1. The van der Waals surface area contributed by atoms with Crippen LogP contribution in [0.25, 0.3) is 0 Å². The molecule has 2 atom stereocenters. The molecule has 0 spiro atoms. The molecule has 1 saturated heterocycles. The molecule has 0 saturated carbocycles. The Labute approximate surface area is 105 Å². The van der Waals surface area contributed by atoms with Crippen LogP contribution in [-0.4, -0.2) is 18.0 Å². The minimum Gasteiger partial charge on any atom is -0.370 e. The van der Waals surface area contributed by atoms with Crippen LogP contribution in [0.2, 0.25) is 0 Å². The highest BCUT2D eigenvalue weighted by Gasteiger charge is 2.32. The molecule has 1 aliphatic heterocycles. The molecule has 1 heterocycles. The molecule has 0 bridgehead atoms. The van der Waals surface area contributed by atoms with Gasteiger partial charge in [-0.05, 0) is 39.5 Å². The normalized spacial score (nSPS) is 23.2. The van der Waals surface area contributed by atoms with Gasteiger partial charge in [-0.3, -0.25) is 0 Å². The summed E-state index contributed by atoms with van der Waals surface area (Å²) in [6.07, 6.45) is 14.7. The lowest BCUT2D eigenvalue weighted by Crippen LogP contribution is -1.89. The first-order valence-corrected chi connectivity index (χ1v) is 7.00. The maximum absolute atomic E-state index is 10.7. The van der Waals surface area contributed by atoms with Crippen molar-refractivity contribution in [3.63, 3.8) is 0 Å². The average Bonchev–Trinajstić information content (AvgIpc) is 2.97. The van der Waals surface area contributed by atoms with E-state index in [9.17, 15) is 4.79 Å². The number of rotatable bonds is 10. The van der Waals surface area contributed by atoms with Crippen molar-refractivity contribution in [1.82, 2.24) is 0 Å². The molecule has 2 nitrogen and oxygen atoms in total. The summed E-state index contributed by atoms with van der Waals surface area (Å²) < 4.78 is 5.33. The predicted molar refractivity (Wildman–Crippen MR) is 71.1 cm³/mol. The lowest BCUT2D eigenvalue weighted by molar-refractivity contribution is -0.117. The topological polar surface area (TPSA) is 29.6 Å². The Morgan fingerprint density at radius 2 is 1.76 bits per heavy atom. The fourth-order valence-corrected chi connectivity index (χ4v) is 1.99. The van der Waals surface area contributed by atoms with Crippen LogP contribution in [0.15, 0.2) is 12.2 Å². The number of hydrogen-bond acceptors (Lipinski definition) is 2. The van der Waals surface area contributed by atoms with Crippen LogP contribution in [-0.2, 0) is 9.53 Å². The maximum atomic E-state index is 10.7. The lowest BCUT2D eigenvalue weighted by atomic mass is 10.1. The number of Topliss-reactive ketones (excluding diaryl/α,β-unsaturated/α-hetero) is 1. The molecule has 0 aromatic heterocycles. The summed E-state index contributed by atoms with van der Waals surface area (Å²) >= 11 is 0. The second kappa shape index (κ2) is 8.46. The number of carbonyl (C=O) groups is 1. The van der Waals surface area contributed by atoms with E-state index in [2.05, 4.69) is 19.1 Å². The third-order valence-corrected chi connectivity index (χ3v) is 3.27. The molecular weight excluding hydrogens is 212 g/mol. The van der Waals surface area contributed by atoms with Crippen LogP contribution in [0.5, 0.6) is 0 Å². The van der Waals surface area contributed by atoms with Gasteiger partial charge in [-0.15, -0.1) is 0 Å². The van der Waals surface area contributed by atoms with Crippen molar-refractivity contribution in [2.24, 2.45) is 0 Å². The van der Waals surface area contributed by atoms with E-state index in [0.29, 0.717) is 18.0 Å². The second-order valence-electron chi connectivity index (χ2n) is 5.10. The first-order valence-electron chi connectivity index (χ1n) is 7.00. The summed E-state index contributed by atoms with van der Waals surface area (Å²) in [5, 5.41) is 0. The van der Waals surface area contributed by atoms with E-state index in [4.69, 9.17) is 4.74 Å². The number of unbranched alkanes of at least 4 members (excludes halogenated alkanes) is 5. The van der Waals surface area contributed by atoms with Crippen molar-refractivity contribution in [2.45, 2.75) is 77.4 Å². The molecule has 98 valence electrons. The van der Waals surface area contributed by atoms with E-state index < -0.39 is 0 Å². The molecule has 1 rings (SSSR count). The molecular formula is C15H26O2. The standard InChI is InChI=1S/C15H26O2/c1-13(16)11-9-7-5-3-4-6-8-10-12-15-14(2)17-15/h8,10,14-15H,3-7,9,11-12H2,1-2H3. The predicted octanol–water partition coefficient (Wildman–Crippen LogP) is 4.04. The van der Waals surface area contributed by atoms with Gasteiger partial charge >= 0.3 is 0 Å². The van der Waals surface area contributed by atoms with E-state index in [-0.39, 0.29) is 0 Å². The Balaban J connectivity index is 1.76. The molecule has 0 radical (unpaired) electrons. The van der Waals surface area contributed by atoms with Crippen LogP contribution in [0.4, 0.5) is 0 Å². The number of carbonyl (C=O) groups excluding carboxylic acids is 1. The molecule has 0 aliphatic carbocycles. The van der Waals surface area contributed by atoms with Crippen molar-refractivity contribution in [1.29, 1.82) is 0 Å². The van der Waals surface area contributed by atoms with Gasteiger partial charge in [0, 0.05) is 6.42 Å². The van der Waals surface area contributed by atoms with Gasteiger partial charge < -0.3 is 9.53 Å². The minimum absolute atomic E-state index is 0.324. The van der Waals surface area contributed by atoms with Gasteiger partial charge in [-0.2, -0.15) is 0 Å². The number of allylic oxidation sites excluding steroid dienone is 1. The van der Waals surface area contributed by atoms with Crippen LogP contribution in [0.1, 0.15) is 65.2 Å². The van der Waals surface area contributed by atoms with Crippen molar-refractivity contribution in [2.75, 3.05) is 0 Å². The number of ketones is 1. The first kappa shape index (κ1) is 14.4. The highest BCUT2D eigenvalue weighted by molar-refractivity contribution is 5.75. The zero-order valence-corrected chi connectivity index (χ0v) is 11.3. The summed E-state index contributed by atoms with van der Waals surface area (Å²) in [5.41, 5.74) is 0. The fraction of sp³-hybridized carbons (Fsp3) is 0.800. The average molecular weight is 238 g/mol. The van der Waals surface area contributed by atoms with Gasteiger partial charge in [0.25, 0.3) is 0 Å². The van der Waals surface area contributed by atoms with Crippen LogP contribution in [0, 0.1) is 0 Å². The first-order chi connectivity index (χ1) is 8.20. The summed E-state index contributed by atoms with van der Waals surface area (Å²) in [5.74, 6) is 0.324. The second-order valence-corrected chi connectivity index (χ2v) is 5.10. The molecule has 0 amide bonds. The van der Waals surface area contributed by atoms with Gasteiger partial charge in [0.1, 0.15) is 5.78 Å². The summed E-state index contributed by atoms with van der Waals surface area (Å²) in [7, 11) is 0. The Kier molecular flexibility index (Phi) is 7.18. The van der Waals surface area contributed by atoms with Gasteiger partial charge in [0.15, 0.2) is 0 Å². The zero-order chi connectivity index (χ0) is 12.5. The zero-order valence-electron chi connectivity index (χ0n) is 11.3. The summed E-state index contributed by atoms with van der Waals surface area (Å²) in [4.78, 5) is 10.7. The minimum atomic E-state index is 0.324. The highest BCUT2D eigenvalue weighted by atomic mass is 16.6. The molecule has 17 heavy (non-hydrogen) atoms. The van der Waals surface area contributed by atoms with E-state index in [1.54, 1.807) is 6.92 Å². The van der Waals surface area contributed by atoms with Crippen LogP contribution in [0.3, 0.4) is 0 Å². The van der Waals surface area contributed by atoms with Crippen LogP contribution < -0.4 is 0 Å². The molecule has 2 unspecified atom stereocenters. The molecule has 1 aliphatic rings. The smallest absolute Gasteiger partial charge is 0.129 e. The van der Waals surface area contributed by atoms with Gasteiger partial charge in [0.05, 0.1) is 12.2 Å². The van der Waals surface area contributed by atoms with E-state index in [1.807, 2.05) is 0 Å². The maximum Gasteiger partial charge on any atom is 0.129 e. The molecule has 0 aromatic rings. The van der Waals surface area contributed by atoms with Crippen molar-refractivity contribution in [3.05, 3.63) is 12.2 Å². The summed E-state index contributed by atoms with van der Waals surface area (Å²) in [6, 6.07) is 0. The quantitative estimate of drug-likeness (QED) is 0.326. The third kappa shape index (κ3) is 8.14. The van der Waals surface area contributed by atoms with Crippen molar-refractivity contribution in [3.8, 4) is 0 Å². The molecule has 0 aromatic carbocycles. The van der Waals surface area contributed by atoms with Gasteiger partial charge in [-0.25, -0.2) is 0 Å². The van der Waals surface area contributed by atoms with Crippen molar-refractivity contribution >= 4 is 5.78 Å². The van der Waals surface area contributed by atoms with Crippen molar-refractivity contribution < 1.29 is 9.53 Å². The Morgan fingerprint density at radius 3 is 2.41 bits per heavy atom. The number of hydrogen-bond donors (Lipinski definition) is 0. The molecule has 0 N–H and O–H groups in total. The van der Waals surface area contributed by atoms with Crippen LogP contribution >= 0.6 is 0 Å². The number of epoxide rings is 1. The molecule has 1 fully saturated rings. The lowest BCUT2D eigenvalue weighted by Gasteiger charge is -1.98. The largest absolute Gasteiger partial charge is 0.370 e. The Morgan fingerprint density at radius 1 is 1.12 bits per heavy atom. The Hall–Kier alpha value is -0.630. The Bertz CT molecular complexity index is 245. The SMILES string of the molecule is CC(=O)CCCCCCCC=CCC1OC1C. The van der Waals surface area contributed by atoms with E-state index >= 15 is 0 Å². The summed E-state index contributed by atoms with van der Waals surface area (Å²) in [6.45, 7) is 3.80. The highest BCUT2D eigenvalue weighted by Crippen LogP contribution is 2.24.